The smallest absolute Gasteiger partial charge is 0.338 e. The molecule has 0 aliphatic heterocycles. The molecule has 1 heterocycles. The summed E-state index contributed by atoms with van der Waals surface area (Å²) in [5.74, 6) is -1.10. The highest BCUT2D eigenvalue weighted by molar-refractivity contribution is 7.16. The van der Waals surface area contributed by atoms with E-state index in [1.165, 1.54) is 35.6 Å². The first-order valence-corrected chi connectivity index (χ1v) is 8.21. The van der Waals surface area contributed by atoms with E-state index in [9.17, 15) is 20.0 Å². The lowest BCUT2D eigenvalue weighted by atomic mass is 10.1. The number of benzene rings is 1. The fourth-order valence-corrected chi connectivity index (χ4v) is 3.84. The number of hydrogen-bond acceptors (Lipinski definition) is 6. The topological polar surface area (TPSA) is 99.4 Å². The monoisotopic (exact) mass is 342 g/mol. The number of carbonyl (C=O) groups is 2. The number of fused-ring (bicyclic) bond motifs is 1. The van der Waals surface area contributed by atoms with E-state index < -0.39 is 18.5 Å². The third-order valence-corrected chi connectivity index (χ3v) is 4.93. The maximum absolute atomic E-state index is 12.0. The second-order valence-electron chi connectivity index (χ2n) is 5.34. The van der Waals surface area contributed by atoms with Gasteiger partial charge in [-0.25, -0.2) is 4.79 Å². The van der Waals surface area contributed by atoms with E-state index in [0.717, 1.165) is 29.7 Å². The molecule has 0 atom stereocenters. The van der Waals surface area contributed by atoms with Gasteiger partial charge in [-0.2, -0.15) is 5.26 Å². The number of nitrogens with one attached hydrogen (secondary N) is 1. The number of phenols is 1. The van der Waals surface area contributed by atoms with Gasteiger partial charge in [0.15, 0.2) is 6.61 Å². The number of hydrogen-bond donors (Lipinski definition) is 2. The molecule has 24 heavy (non-hydrogen) atoms. The summed E-state index contributed by atoms with van der Waals surface area (Å²) in [5.41, 5.74) is 1.79. The van der Waals surface area contributed by atoms with Crippen LogP contribution in [0.25, 0.3) is 0 Å². The van der Waals surface area contributed by atoms with E-state index in [2.05, 4.69) is 11.4 Å². The predicted octanol–water partition coefficient (Wildman–Crippen LogP) is 2.61. The Labute approximate surface area is 142 Å². The molecule has 1 amide bonds. The molecule has 0 bridgehead atoms. The summed E-state index contributed by atoms with van der Waals surface area (Å²) in [7, 11) is 0. The average molecular weight is 342 g/mol. The van der Waals surface area contributed by atoms with Crippen molar-refractivity contribution in [3.8, 4) is 11.8 Å². The number of thiophene rings is 1. The van der Waals surface area contributed by atoms with Crippen LogP contribution in [0, 0.1) is 11.3 Å². The van der Waals surface area contributed by atoms with Crippen LogP contribution in [-0.2, 0) is 22.4 Å². The lowest BCUT2D eigenvalue weighted by Gasteiger charge is -2.06. The Morgan fingerprint density at radius 3 is 2.75 bits per heavy atom. The molecule has 2 aromatic rings. The van der Waals surface area contributed by atoms with Gasteiger partial charge in [0.05, 0.1) is 11.1 Å². The van der Waals surface area contributed by atoms with Gasteiger partial charge >= 0.3 is 5.97 Å². The zero-order valence-electron chi connectivity index (χ0n) is 12.7. The fraction of sp³-hybridized carbons (Fsp3) is 0.235. The highest BCUT2D eigenvalue weighted by Crippen LogP contribution is 2.38. The summed E-state index contributed by atoms with van der Waals surface area (Å²) in [5, 5.41) is 21.6. The van der Waals surface area contributed by atoms with Gasteiger partial charge in [-0.1, -0.05) is 0 Å². The minimum Gasteiger partial charge on any atom is -0.508 e. The maximum atomic E-state index is 12.0. The Balaban J connectivity index is 1.59. The predicted molar refractivity (Wildman–Crippen MR) is 88.1 cm³/mol. The number of rotatable bonds is 4. The molecule has 1 aromatic carbocycles. The van der Waals surface area contributed by atoms with Crippen LogP contribution in [0.1, 0.15) is 32.8 Å². The summed E-state index contributed by atoms with van der Waals surface area (Å²) in [6.07, 6.45) is 2.83. The standard InChI is InChI=1S/C17H14N2O4S/c18-8-13-12-2-1-3-14(12)24-16(13)19-15(21)9-23-17(22)10-4-6-11(20)7-5-10/h4-7,20H,1-3,9H2,(H,19,21). The highest BCUT2D eigenvalue weighted by Gasteiger charge is 2.23. The molecule has 0 unspecified atom stereocenters. The van der Waals surface area contributed by atoms with Gasteiger partial charge < -0.3 is 15.2 Å². The first kappa shape index (κ1) is 16.0. The normalized spacial score (nSPS) is 12.3. The number of carbonyl (C=O) groups excluding carboxylic acids is 2. The van der Waals surface area contributed by atoms with Crippen LogP contribution in [0.2, 0.25) is 0 Å². The van der Waals surface area contributed by atoms with Crippen LogP contribution in [0.3, 0.4) is 0 Å². The van der Waals surface area contributed by atoms with Gasteiger partial charge in [0.1, 0.15) is 16.8 Å². The third-order valence-electron chi connectivity index (χ3n) is 3.72. The Kier molecular flexibility index (Phi) is 4.49. The molecular weight excluding hydrogens is 328 g/mol. The van der Waals surface area contributed by atoms with Gasteiger partial charge in [-0.3, -0.25) is 4.79 Å². The Morgan fingerprint density at radius 2 is 2.04 bits per heavy atom. The van der Waals surface area contributed by atoms with Crippen molar-refractivity contribution < 1.29 is 19.4 Å². The van der Waals surface area contributed by atoms with E-state index >= 15 is 0 Å². The number of nitriles is 1. The highest BCUT2D eigenvalue weighted by atomic mass is 32.1. The van der Waals surface area contributed by atoms with Gasteiger partial charge in [-0.05, 0) is 49.1 Å². The Hall–Kier alpha value is -2.85. The second-order valence-corrected chi connectivity index (χ2v) is 6.45. The van der Waals surface area contributed by atoms with E-state index in [0.29, 0.717) is 10.6 Å². The second kappa shape index (κ2) is 6.72. The number of anilines is 1. The summed E-state index contributed by atoms with van der Waals surface area (Å²) in [6.45, 7) is -0.437. The largest absolute Gasteiger partial charge is 0.508 e. The molecule has 3 rings (SSSR count). The molecule has 7 heteroatoms. The van der Waals surface area contributed by atoms with Crippen LogP contribution >= 0.6 is 11.3 Å². The van der Waals surface area contributed by atoms with E-state index in [1.807, 2.05) is 0 Å². The van der Waals surface area contributed by atoms with Gasteiger partial charge in [0.2, 0.25) is 0 Å². The van der Waals surface area contributed by atoms with Crippen molar-refractivity contribution in [2.45, 2.75) is 19.3 Å². The number of aryl methyl sites for hydroxylation is 1. The molecule has 1 aromatic heterocycles. The summed E-state index contributed by atoms with van der Waals surface area (Å²) in [6, 6.07) is 7.69. The molecule has 0 saturated heterocycles. The number of aromatic hydroxyl groups is 1. The SMILES string of the molecule is N#Cc1c(NC(=O)COC(=O)c2ccc(O)cc2)sc2c1CCC2. The molecule has 0 spiro atoms. The summed E-state index contributed by atoms with van der Waals surface area (Å²) < 4.78 is 4.94. The number of amides is 1. The minimum absolute atomic E-state index is 0.0408. The molecule has 6 nitrogen and oxygen atoms in total. The van der Waals surface area contributed by atoms with Crippen molar-refractivity contribution in [1.29, 1.82) is 5.26 Å². The molecule has 1 aliphatic carbocycles. The quantitative estimate of drug-likeness (QED) is 0.832. The van der Waals surface area contributed by atoms with Gasteiger partial charge in [-0.15, -0.1) is 11.3 Å². The number of nitrogens with zero attached hydrogens (tertiary/aromatic N) is 1. The van der Waals surface area contributed by atoms with Crippen molar-refractivity contribution in [3.63, 3.8) is 0 Å². The summed E-state index contributed by atoms with van der Waals surface area (Å²) in [4.78, 5) is 24.9. The zero-order valence-corrected chi connectivity index (χ0v) is 13.5. The van der Waals surface area contributed by atoms with Crippen molar-refractivity contribution in [2.24, 2.45) is 0 Å². The lowest BCUT2D eigenvalue weighted by Crippen LogP contribution is -2.20. The fourth-order valence-electron chi connectivity index (χ4n) is 2.59. The molecule has 1 aliphatic rings. The number of ether oxygens (including phenoxy) is 1. The van der Waals surface area contributed by atoms with Gasteiger partial charge in [0.25, 0.3) is 5.91 Å². The Bertz CT molecular complexity index is 834. The number of phenolic OH excluding ortho intramolecular Hbond substituents is 1. The lowest BCUT2D eigenvalue weighted by molar-refractivity contribution is -0.119. The van der Waals surface area contributed by atoms with Crippen LogP contribution in [0.15, 0.2) is 24.3 Å². The third kappa shape index (κ3) is 3.24. The van der Waals surface area contributed by atoms with Crippen LogP contribution < -0.4 is 5.32 Å². The Morgan fingerprint density at radius 1 is 1.29 bits per heavy atom. The summed E-state index contributed by atoms with van der Waals surface area (Å²) >= 11 is 1.41. The van der Waals surface area contributed by atoms with Crippen molar-refractivity contribution in [3.05, 3.63) is 45.8 Å². The van der Waals surface area contributed by atoms with Crippen LogP contribution in [0.4, 0.5) is 5.00 Å². The molecule has 0 fully saturated rings. The van der Waals surface area contributed by atoms with E-state index in [-0.39, 0.29) is 11.3 Å². The van der Waals surface area contributed by atoms with E-state index in [4.69, 9.17) is 4.74 Å². The number of esters is 1. The average Bonchev–Trinajstić information content (AvgIpc) is 3.13. The maximum Gasteiger partial charge on any atom is 0.338 e. The molecule has 0 saturated carbocycles. The minimum atomic E-state index is -0.653. The van der Waals surface area contributed by atoms with Crippen LogP contribution in [0.5, 0.6) is 5.75 Å². The molecule has 122 valence electrons. The molecule has 2 N–H and O–H groups in total. The first-order valence-electron chi connectivity index (χ1n) is 7.39. The van der Waals surface area contributed by atoms with Crippen LogP contribution in [-0.4, -0.2) is 23.6 Å². The zero-order chi connectivity index (χ0) is 17.1. The molecular formula is C17H14N2O4S. The molecule has 0 radical (unpaired) electrons. The van der Waals surface area contributed by atoms with E-state index in [1.54, 1.807) is 0 Å². The van der Waals surface area contributed by atoms with Crippen molar-refractivity contribution in [2.75, 3.05) is 11.9 Å². The van der Waals surface area contributed by atoms with Crippen molar-refractivity contribution >= 4 is 28.2 Å². The van der Waals surface area contributed by atoms with Gasteiger partial charge in [0, 0.05) is 4.88 Å². The first-order chi connectivity index (χ1) is 11.6. The van der Waals surface area contributed by atoms with Crippen molar-refractivity contribution in [1.82, 2.24) is 0 Å².